The SMILES string of the molecule is CCc1ccc(S(=O)(=O)NCCNc2nc(C)cc(N3CCOCC3)n2)cc1. The van der Waals surface area contributed by atoms with Crippen molar-refractivity contribution in [2.24, 2.45) is 0 Å². The van der Waals surface area contributed by atoms with E-state index in [1.165, 1.54) is 0 Å². The van der Waals surface area contributed by atoms with E-state index in [0.29, 0.717) is 25.7 Å². The molecule has 0 radical (unpaired) electrons. The number of sulfonamides is 1. The maximum atomic E-state index is 12.4. The minimum Gasteiger partial charge on any atom is -0.378 e. The van der Waals surface area contributed by atoms with Crippen molar-refractivity contribution in [3.8, 4) is 0 Å². The number of nitrogens with one attached hydrogen (secondary N) is 2. The Hall–Kier alpha value is -2.23. The number of aryl methyl sites for hydroxylation is 2. The van der Waals surface area contributed by atoms with Crippen molar-refractivity contribution in [3.63, 3.8) is 0 Å². The summed E-state index contributed by atoms with van der Waals surface area (Å²) in [5.74, 6) is 1.35. The van der Waals surface area contributed by atoms with Crippen LogP contribution in [0.15, 0.2) is 35.2 Å². The van der Waals surface area contributed by atoms with E-state index < -0.39 is 10.0 Å². The highest BCUT2D eigenvalue weighted by molar-refractivity contribution is 7.89. The number of aromatic nitrogens is 2. The number of ether oxygens (including phenoxy) is 1. The van der Waals surface area contributed by atoms with E-state index in [0.717, 1.165) is 36.6 Å². The van der Waals surface area contributed by atoms with E-state index in [1.807, 2.05) is 32.0 Å². The summed E-state index contributed by atoms with van der Waals surface area (Å²) in [6.07, 6.45) is 0.876. The molecule has 152 valence electrons. The van der Waals surface area contributed by atoms with Crippen molar-refractivity contribution < 1.29 is 13.2 Å². The lowest BCUT2D eigenvalue weighted by Crippen LogP contribution is -2.37. The van der Waals surface area contributed by atoms with Gasteiger partial charge in [-0.3, -0.25) is 0 Å². The zero-order valence-electron chi connectivity index (χ0n) is 16.3. The van der Waals surface area contributed by atoms with Gasteiger partial charge >= 0.3 is 0 Å². The largest absolute Gasteiger partial charge is 0.378 e. The van der Waals surface area contributed by atoms with Crippen LogP contribution in [0.1, 0.15) is 18.2 Å². The summed E-state index contributed by atoms with van der Waals surface area (Å²) >= 11 is 0. The molecule has 2 aromatic rings. The highest BCUT2D eigenvalue weighted by Gasteiger charge is 2.15. The van der Waals surface area contributed by atoms with Gasteiger partial charge in [0.05, 0.1) is 18.1 Å². The molecule has 0 saturated carbocycles. The Morgan fingerprint density at radius 2 is 1.82 bits per heavy atom. The number of hydrogen-bond acceptors (Lipinski definition) is 7. The lowest BCUT2D eigenvalue weighted by Gasteiger charge is -2.28. The molecule has 28 heavy (non-hydrogen) atoms. The fourth-order valence-electron chi connectivity index (χ4n) is 2.93. The number of morpholine rings is 1. The molecule has 0 bridgehead atoms. The standard InChI is InChI=1S/C19H27N5O3S/c1-3-16-4-6-17(7-5-16)28(25,26)21-9-8-20-19-22-15(2)14-18(23-19)24-10-12-27-13-11-24/h4-7,14,21H,3,8-13H2,1-2H3,(H,20,22,23). The highest BCUT2D eigenvalue weighted by Crippen LogP contribution is 2.16. The Labute approximate surface area is 166 Å². The van der Waals surface area contributed by atoms with Gasteiger partial charge in [0.15, 0.2) is 0 Å². The van der Waals surface area contributed by atoms with Gasteiger partial charge in [-0.05, 0) is 31.0 Å². The second-order valence-electron chi connectivity index (χ2n) is 6.61. The predicted octanol–water partition coefficient (Wildman–Crippen LogP) is 1.57. The molecule has 0 atom stereocenters. The van der Waals surface area contributed by atoms with E-state index in [2.05, 4.69) is 24.9 Å². The molecule has 2 N–H and O–H groups in total. The van der Waals surface area contributed by atoms with Crippen LogP contribution in [0.4, 0.5) is 11.8 Å². The Morgan fingerprint density at radius 1 is 1.11 bits per heavy atom. The van der Waals surface area contributed by atoms with Crippen LogP contribution in [0.3, 0.4) is 0 Å². The van der Waals surface area contributed by atoms with Gasteiger partial charge in [-0.25, -0.2) is 18.1 Å². The number of nitrogens with zero attached hydrogens (tertiary/aromatic N) is 3. The maximum Gasteiger partial charge on any atom is 0.240 e. The van der Waals surface area contributed by atoms with Gasteiger partial charge < -0.3 is 15.0 Å². The van der Waals surface area contributed by atoms with Gasteiger partial charge in [0.2, 0.25) is 16.0 Å². The second-order valence-corrected chi connectivity index (χ2v) is 8.38. The van der Waals surface area contributed by atoms with Gasteiger partial charge in [-0.15, -0.1) is 0 Å². The van der Waals surface area contributed by atoms with Crippen molar-refractivity contribution >= 4 is 21.8 Å². The highest BCUT2D eigenvalue weighted by atomic mass is 32.2. The zero-order valence-corrected chi connectivity index (χ0v) is 17.1. The molecule has 2 heterocycles. The van der Waals surface area contributed by atoms with Gasteiger partial charge in [0.25, 0.3) is 0 Å². The first-order valence-electron chi connectivity index (χ1n) is 9.49. The average molecular weight is 406 g/mol. The molecular formula is C19H27N5O3S. The van der Waals surface area contributed by atoms with Crippen molar-refractivity contribution in [2.75, 3.05) is 49.6 Å². The monoisotopic (exact) mass is 405 g/mol. The third kappa shape index (κ3) is 5.40. The summed E-state index contributed by atoms with van der Waals surface area (Å²) < 4.78 is 32.7. The molecule has 9 heteroatoms. The van der Waals surface area contributed by atoms with Crippen molar-refractivity contribution in [2.45, 2.75) is 25.2 Å². The minimum atomic E-state index is -3.53. The molecule has 1 saturated heterocycles. The normalized spacial score (nSPS) is 14.9. The van der Waals surface area contributed by atoms with Crippen LogP contribution in [0.25, 0.3) is 0 Å². The first-order chi connectivity index (χ1) is 13.5. The van der Waals surface area contributed by atoms with Gasteiger partial charge in [-0.2, -0.15) is 4.98 Å². The third-order valence-electron chi connectivity index (χ3n) is 4.52. The van der Waals surface area contributed by atoms with Crippen LogP contribution in [0, 0.1) is 6.92 Å². The predicted molar refractivity (Wildman–Crippen MR) is 109 cm³/mol. The van der Waals surface area contributed by atoms with Crippen LogP contribution in [-0.4, -0.2) is 57.8 Å². The molecular weight excluding hydrogens is 378 g/mol. The fourth-order valence-corrected chi connectivity index (χ4v) is 3.96. The van der Waals surface area contributed by atoms with Crippen LogP contribution in [-0.2, 0) is 21.2 Å². The minimum absolute atomic E-state index is 0.238. The van der Waals surface area contributed by atoms with Crippen LogP contribution in [0.5, 0.6) is 0 Å². The summed E-state index contributed by atoms with van der Waals surface area (Å²) in [5, 5.41) is 3.10. The third-order valence-corrected chi connectivity index (χ3v) is 5.99. The summed E-state index contributed by atoms with van der Waals surface area (Å²) in [4.78, 5) is 11.4. The number of hydrogen-bond donors (Lipinski definition) is 2. The summed E-state index contributed by atoms with van der Waals surface area (Å²) in [7, 11) is -3.53. The lowest BCUT2D eigenvalue weighted by atomic mass is 10.2. The molecule has 1 aromatic heterocycles. The first-order valence-corrected chi connectivity index (χ1v) is 11.0. The molecule has 0 amide bonds. The number of anilines is 2. The molecule has 0 spiro atoms. The fraction of sp³-hybridized carbons (Fsp3) is 0.474. The van der Waals surface area contributed by atoms with Crippen molar-refractivity contribution in [1.82, 2.24) is 14.7 Å². The van der Waals surface area contributed by atoms with Crippen LogP contribution in [0.2, 0.25) is 0 Å². The molecule has 1 fully saturated rings. The van der Waals surface area contributed by atoms with E-state index in [4.69, 9.17) is 4.74 Å². The molecule has 1 aliphatic rings. The Morgan fingerprint density at radius 3 is 2.50 bits per heavy atom. The van der Waals surface area contributed by atoms with Gasteiger partial charge in [0, 0.05) is 37.9 Å². The van der Waals surface area contributed by atoms with Crippen LogP contribution < -0.4 is 14.9 Å². The zero-order chi connectivity index (χ0) is 20.0. The van der Waals surface area contributed by atoms with E-state index >= 15 is 0 Å². The van der Waals surface area contributed by atoms with E-state index in [-0.39, 0.29) is 11.4 Å². The number of benzene rings is 1. The molecule has 3 rings (SSSR count). The smallest absolute Gasteiger partial charge is 0.240 e. The topological polar surface area (TPSA) is 96.5 Å². The average Bonchev–Trinajstić information content (AvgIpc) is 2.71. The quantitative estimate of drug-likeness (QED) is 0.644. The van der Waals surface area contributed by atoms with E-state index in [9.17, 15) is 8.42 Å². The lowest BCUT2D eigenvalue weighted by molar-refractivity contribution is 0.122. The van der Waals surface area contributed by atoms with Crippen LogP contribution >= 0.6 is 0 Å². The van der Waals surface area contributed by atoms with Gasteiger partial charge in [-0.1, -0.05) is 19.1 Å². The molecule has 0 unspecified atom stereocenters. The first kappa shape index (κ1) is 20.5. The van der Waals surface area contributed by atoms with Gasteiger partial charge in [0.1, 0.15) is 5.82 Å². The molecule has 1 aliphatic heterocycles. The second kappa shape index (κ2) is 9.31. The molecule has 1 aromatic carbocycles. The summed E-state index contributed by atoms with van der Waals surface area (Å²) in [5.41, 5.74) is 1.96. The summed E-state index contributed by atoms with van der Waals surface area (Å²) in [6, 6.07) is 8.88. The molecule has 0 aliphatic carbocycles. The Bertz CT molecular complexity index is 881. The maximum absolute atomic E-state index is 12.4. The Kier molecular flexibility index (Phi) is 6.82. The van der Waals surface area contributed by atoms with E-state index in [1.54, 1.807) is 12.1 Å². The van der Waals surface area contributed by atoms with Crippen molar-refractivity contribution in [3.05, 3.63) is 41.6 Å². The van der Waals surface area contributed by atoms with Crippen molar-refractivity contribution in [1.29, 1.82) is 0 Å². The summed E-state index contributed by atoms with van der Waals surface area (Å²) in [6.45, 7) is 7.55. The number of rotatable bonds is 8. The molecule has 8 nitrogen and oxygen atoms in total. The Balaban J connectivity index is 1.55.